The lowest BCUT2D eigenvalue weighted by Gasteiger charge is -1.93. The fraction of sp³-hybridized carbons (Fsp3) is 0.600. The van der Waals surface area contributed by atoms with Crippen LogP contribution in [0.25, 0.3) is 0 Å². The Balaban J connectivity index is 2.83. The van der Waals surface area contributed by atoms with Gasteiger partial charge >= 0.3 is 5.97 Å². The SMILES string of the molecule is CCCc1nc(CCCN)sc1C(=O)O. The fourth-order valence-corrected chi connectivity index (χ4v) is 2.33. The summed E-state index contributed by atoms with van der Waals surface area (Å²) < 4.78 is 0. The summed E-state index contributed by atoms with van der Waals surface area (Å²) in [6.45, 7) is 2.63. The minimum Gasteiger partial charge on any atom is -0.477 e. The van der Waals surface area contributed by atoms with Crippen LogP contribution in [0.1, 0.15) is 40.1 Å². The van der Waals surface area contributed by atoms with Gasteiger partial charge < -0.3 is 10.8 Å². The van der Waals surface area contributed by atoms with Crippen molar-refractivity contribution in [3.05, 3.63) is 15.6 Å². The van der Waals surface area contributed by atoms with Crippen LogP contribution in [0.3, 0.4) is 0 Å². The van der Waals surface area contributed by atoms with E-state index in [1.807, 2.05) is 6.92 Å². The minimum atomic E-state index is -0.866. The van der Waals surface area contributed by atoms with Gasteiger partial charge in [-0.25, -0.2) is 9.78 Å². The molecular formula is C10H16N2O2S. The van der Waals surface area contributed by atoms with E-state index in [9.17, 15) is 4.79 Å². The van der Waals surface area contributed by atoms with Crippen LogP contribution in [0.5, 0.6) is 0 Å². The second-order valence-electron chi connectivity index (χ2n) is 3.33. The van der Waals surface area contributed by atoms with Crippen LogP contribution in [0.2, 0.25) is 0 Å². The predicted molar refractivity (Wildman–Crippen MR) is 60.4 cm³/mol. The number of carboxylic acids is 1. The van der Waals surface area contributed by atoms with E-state index in [0.717, 1.165) is 36.4 Å². The molecule has 1 rings (SSSR count). The lowest BCUT2D eigenvalue weighted by molar-refractivity contribution is 0.0700. The highest BCUT2D eigenvalue weighted by atomic mass is 32.1. The van der Waals surface area contributed by atoms with Gasteiger partial charge in [-0.2, -0.15) is 0 Å². The fourth-order valence-electron chi connectivity index (χ4n) is 1.33. The van der Waals surface area contributed by atoms with E-state index in [0.29, 0.717) is 11.4 Å². The quantitative estimate of drug-likeness (QED) is 0.776. The molecule has 0 saturated carbocycles. The van der Waals surface area contributed by atoms with Crippen molar-refractivity contribution in [3.63, 3.8) is 0 Å². The highest BCUT2D eigenvalue weighted by molar-refractivity contribution is 7.13. The monoisotopic (exact) mass is 228 g/mol. The van der Waals surface area contributed by atoms with Crippen molar-refractivity contribution in [2.24, 2.45) is 5.73 Å². The lowest BCUT2D eigenvalue weighted by Crippen LogP contribution is -2.00. The van der Waals surface area contributed by atoms with Gasteiger partial charge in [0.05, 0.1) is 10.7 Å². The molecule has 0 spiro atoms. The summed E-state index contributed by atoms with van der Waals surface area (Å²) in [7, 11) is 0. The average Bonchev–Trinajstić information content (AvgIpc) is 2.59. The van der Waals surface area contributed by atoms with Crippen molar-refractivity contribution < 1.29 is 9.90 Å². The van der Waals surface area contributed by atoms with Gasteiger partial charge in [0, 0.05) is 6.42 Å². The van der Waals surface area contributed by atoms with E-state index in [2.05, 4.69) is 4.98 Å². The normalized spacial score (nSPS) is 10.5. The van der Waals surface area contributed by atoms with Crippen molar-refractivity contribution in [1.82, 2.24) is 4.98 Å². The molecule has 0 saturated heterocycles. The molecule has 15 heavy (non-hydrogen) atoms. The third-order valence-corrected chi connectivity index (χ3v) is 3.16. The number of hydrogen-bond acceptors (Lipinski definition) is 4. The third-order valence-electron chi connectivity index (χ3n) is 2.02. The molecule has 1 aromatic heterocycles. The van der Waals surface area contributed by atoms with Gasteiger partial charge in [0.15, 0.2) is 0 Å². The van der Waals surface area contributed by atoms with Crippen LogP contribution >= 0.6 is 11.3 Å². The van der Waals surface area contributed by atoms with Gasteiger partial charge in [0.2, 0.25) is 0 Å². The van der Waals surface area contributed by atoms with Crippen molar-refractivity contribution in [2.75, 3.05) is 6.54 Å². The zero-order valence-corrected chi connectivity index (χ0v) is 9.64. The molecule has 0 atom stereocenters. The van der Waals surface area contributed by atoms with E-state index in [-0.39, 0.29) is 0 Å². The minimum absolute atomic E-state index is 0.392. The van der Waals surface area contributed by atoms with Gasteiger partial charge in [-0.15, -0.1) is 11.3 Å². The molecule has 0 amide bonds. The smallest absolute Gasteiger partial charge is 0.347 e. The predicted octanol–water partition coefficient (Wildman–Crippen LogP) is 1.69. The van der Waals surface area contributed by atoms with E-state index < -0.39 is 5.97 Å². The topological polar surface area (TPSA) is 76.2 Å². The molecule has 0 aliphatic heterocycles. The van der Waals surface area contributed by atoms with E-state index in [1.54, 1.807) is 0 Å². The highest BCUT2D eigenvalue weighted by Gasteiger charge is 2.15. The lowest BCUT2D eigenvalue weighted by atomic mass is 10.2. The van der Waals surface area contributed by atoms with Crippen LogP contribution in [0.4, 0.5) is 0 Å². The van der Waals surface area contributed by atoms with Crippen LogP contribution in [0.15, 0.2) is 0 Å². The second kappa shape index (κ2) is 5.82. The third kappa shape index (κ3) is 3.28. The summed E-state index contributed by atoms with van der Waals surface area (Å²) in [4.78, 5) is 15.7. The van der Waals surface area contributed by atoms with Crippen molar-refractivity contribution in [3.8, 4) is 0 Å². The van der Waals surface area contributed by atoms with Crippen LogP contribution < -0.4 is 5.73 Å². The number of hydrogen-bond donors (Lipinski definition) is 2. The Labute approximate surface area is 93.1 Å². The summed E-state index contributed by atoms with van der Waals surface area (Å²) in [5.74, 6) is -0.866. The molecule has 1 aromatic rings. The first-order chi connectivity index (χ1) is 7.19. The summed E-state index contributed by atoms with van der Waals surface area (Å²) in [6, 6.07) is 0. The van der Waals surface area contributed by atoms with E-state index in [1.165, 1.54) is 11.3 Å². The summed E-state index contributed by atoms with van der Waals surface area (Å²) in [5, 5.41) is 9.87. The molecule has 0 aromatic carbocycles. The van der Waals surface area contributed by atoms with Crippen LogP contribution in [0, 0.1) is 0 Å². The molecule has 3 N–H and O–H groups in total. The Morgan fingerprint density at radius 1 is 1.53 bits per heavy atom. The first-order valence-corrected chi connectivity index (χ1v) is 5.92. The molecule has 0 bridgehead atoms. The van der Waals surface area contributed by atoms with E-state index in [4.69, 9.17) is 10.8 Å². The Kier molecular flexibility index (Phi) is 4.71. The molecule has 0 radical (unpaired) electrons. The summed E-state index contributed by atoms with van der Waals surface area (Å²) >= 11 is 1.28. The van der Waals surface area contributed by atoms with Crippen molar-refractivity contribution >= 4 is 17.3 Å². The Hall–Kier alpha value is -0.940. The highest BCUT2D eigenvalue weighted by Crippen LogP contribution is 2.21. The number of nitrogens with two attached hydrogens (primary N) is 1. The summed E-state index contributed by atoms with van der Waals surface area (Å²) in [6.07, 6.45) is 3.30. The first-order valence-electron chi connectivity index (χ1n) is 5.11. The van der Waals surface area contributed by atoms with Crippen molar-refractivity contribution in [1.29, 1.82) is 0 Å². The standard InChI is InChI=1S/C10H16N2O2S/c1-2-4-7-9(10(13)14)15-8(12-7)5-3-6-11/h2-6,11H2,1H3,(H,13,14). The number of rotatable bonds is 6. The van der Waals surface area contributed by atoms with Gasteiger partial charge in [-0.3, -0.25) is 0 Å². The number of aryl methyl sites for hydroxylation is 2. The largest absolute Gasteiger partial charge is 0.477 e. The molecule has 1 heterocycles. The number of aromatic nitrogens is 1. The molecule has 0 aliphatic carbocycles. The maximum atomic E-state index is 10.9. The van der Waals surface area contributed by atoms with Gasteiger partial charge in [-0.1, -0.05) is 13.3 Å². The molecule has 4 nitrogen and oxygen atoms in total. The van der Waals surface area contributed by atoms with Crippen LogP contribution in [-0.2, 0) is 12.8 Å². The zero-order valence-electron chi connectivity index (χ0n) is 8.82. The molecule has 0 unspecified atom stereocenters. The zero-order chi connectivity index (χ0) is 11.3. The molecule has 84 valence electrons. The Morgan fingerprint density at radius 3 is 2.80 bits per heavy atom. The van der Waals surface area contributed by atoms with Gasteiger partial charge in [-0.05, 0) is 19.4 Å². The molecule has 0 fully saturated rings. The molecular weight excluding hydrogens is 212 g/mol. The number of aromatic carboxylic acids is 1. The number of thiazole rings is 1. The maximum Gasteiger partial charge on any atom is 0.347 e. The number of carbonyl (C=O) groups is 1. The van der Waals surface area contributed by atoms with Crippen LogP contribution in [-0.4, -0.2) is 22.6 Å². The maximum absolute atomic E-state index is 10.9. The van der Waals surface area contributed by atoms with E-state index >= 15 is 0 Å². The van der Waals surface area contributed by atoms with Gasteiger partial charge in [0.25, 0.3) is 0 Å². The van der Waals surface area contributed by atoms with Crippen molar-refractivity contribution in [2.45, 2.75) is 32.6 Å². The molecule has 5 heteroatoms. The Bertz CT molecular complexity index is 336. The number of nitrogens with zero attached hydrogens (tertiary/aromatic N) is 1. The average molecular weight is 228 g/mol. The Morgan fingerprint density at radius 2 is 2.27 bits per heavy atom. The van der Waals surface area contributed by atoms with Gasteiger partial charge in [0.1, 0.15) is 4.88 Å². The first kappa shape index (κ1) is 12.1. The number of carboxylic acid groups (broad SMARTS) is 1. The molecule has 0 aliphatic rings. The second-order valence-corrected chi connectivity index (χ2v) is 4.41. The summed E-state index contributed by atoms with van der Waals surface area (Å²) in [5.41, 5.74) is 6.12.